The molecule has 0 aromatic heterocycles. The number of rotatable bonds is 6. The van der Waals surface area contributed by atoms with Crippen LogP contribution in [0.1, 0.15) is 12.8 Å². The largest absolute Gasteiger partial charge is 0.341 e. The Bertz CT molecular complexity index is 1130. The van der Waals surface area contributed by atoms with Crippen LogP contribution in [0.3, 0.4) is 0 Å². The van der Waals surface area contributed by atoms with Crippen molar-refractivity contribution in [2.75, 3.05) is 19.6 Å². The van der Waals surface area contributed by atoms with Crippen molar-refractivity contribution < 1.29 is 26.0 Å². The van der Waals surface area contributed by atoms with Crippen molar-refractivity contribution in [3.8, 4) is 0 Å². The van der Waals surface area contributed by atoms with Crippen LogP contribution in [0.15, 0.2) is 58.3 Å². The normalized spacial score (nSPS) is 15.9. The van der Waals surface area contributed by atoms with Gasteiger partial charge in [0.25, 0.3) is 0 Å². The van der Waals surface area contributed by atoms with E-state index in [0.29, 0.717) is 0 Å². The van der Waals surface area contributed by atoms with Crippen molar-refractivity contribution >= 4 is 37.4 Å². The number of carbonyl (C=O) groups excluding carboxylic acids is 1. The molecule has 2 aromatic rings. The summed E-state index contributed by atoms with van der Waals surface area (Å²) in [5.74, 6) is -0.965. The van der Waals surface area contributed by atoms with E-state index in [-0.39, 0.29) is 40.7 Å². The van der Waals surface area contributed by atoms with Gasteiger partial charge in [0.05, 0.1) is 21.6 Å². The molecule has 0 atom stereocenters. The summed E-state index contributed by atoms with van der Waals surface area (Å²) in [6.45, 7) is -0.0736. The summed E-state index contributed by atoms with van der Waals surface area (Å²) < 4.78 is 65.2. The average Bonchev–Trinajstić information content (AvgIpc) is 2.72. The lowest BCUT2D eigenvalue weighted by molar-refractivity contribution is -0.130. The Morgan fingerprint density at radius 1 is 1.03 bits per heavy atom. The van der Waals surface area contributed by atoms with Crippen LogP contribution in [-0.4, -0.2) is 52.5 Å². The predicted molar refractivity (Wildman–Crippen MR) is 110 cm³/mol. The van der Waals surface area contributed by atoms with Crippen LogP contribution in [0.2, 0.25) is 5.02 Å². The Labute approximate surface area is 179 Å². The molecule has 30 heavy (non-hydrogen) atoms. The summed E-state index contributed by atoms with van der Waals surface area (Å²) in [7, 11) is -7.53. The van der Waals surface area contributed by atoms with Crippen molar-refractivity contribution in [2.45, 2.75) is 27.9 Å². The number of benzene rings is 2. The molecule has 0 spiro atoms. The van der Waals surface area contributed by atoms with Gasteiger partial charge in [-0.05, 0) is 55.3 Å². The molecule has 1 N–H and O–H groups in total. The van der Waals surface area contributed by atoms with E-state index >= 15 is 0 Å². The number of amides is 1. The number of nitrogens with zero attached hydrogens (tertiary/aromatic N) is 1. The Morgan fingerprint density at radius 3 is 2.27 bits per heavy atom. The SMILES string of the molecule is O=C(CNS(=O)(=O)c1cccc(Cl)c1)N1CCC(S(=O)(=O)c2ccc(F)cc2)CC1. The fourth-order valence-corrected chi connectivity index (χ4v) is 6.23. The molecule has 1 heterocycles. The molecule has 0 saturated carbocycles. The number of piperidine rings is 1. The van der Waals surface area contributed by atoms with E-state index in [2.05, 4.69) is 4.72 Å². The number of sulfone groups is 1. The van der Waals surface area contributed by atoms with E-state index in [1.165, 1.54) is 41.3 Å². The fraction of sp³-hybridized carbons (Fsp3) is 0.316. The van der Waals surface area contributed by atoms with Crippen molar-refractivity contribution in [3.05, 3.63) is 59.4 Å². The molecule has 7 nitrogen and oxygen atoms in total. The molecule has 11 heteroatoms. The highest BCUT2D eigenvalue weighted by Crippen LogP contribution is 2.25. The summed E-state index contributed by atoms with van der Waals surface area (Å²) in [5, 5.41) is -0.427. The van der Waals surface area contributed by atoms with Gasteiger partial charge in [-0.1, -0.05) is 17.7 Å². The van der Waals surface area contributed by atoms with E-state index in [1.54, 1.807) is 0 Å². The topological polar surface area (TPSA) is 101 Å². The van der Waals surface area contributed by atoms with Gasteiger partial charge in [-0.15, -0.1) is 0 Å². The molecule has 0 bridgehead atoms. The Morgan fingerprint density at radius 2 is 1.67 bits per heavy atom. The zero-order valence-electron chi connectivity index (χ0n) is 15.8. The molecule has 162 valence electrons. The van der Waals surface area contributed by atoms with Crippen molar-refractivity contribution in [1.29, 1.82) is 0 Å². The number of hydrogen-bond donors (Lipinski definition) is 1. The van der Waals surface area contributed by atoms with Crippen molar-refractivity contribution in [1.82, 2.24) is 9.62 Å². The van der Waals surface area contributed by atoms with Gasteiger partial charge in [-0.2, -0.15) is 0 Å². The predicted octanol–water partition coefficient (Wildman–Crippen LogP) is 2.22. The summed E-state index contributed by atoms with van der Waals surface area (Å²) in [6, 6.07) is 10.3. The third kappa shape index (κ3) is 5.18. The van der Waals surface area contributed by atoms with E-state index in [9.17, 15) is 26.0 Å². The highest BCUT2D eigenvalue weighted by Gasteiger charge is 2.33. The first kappa shape index (κ1) is 22.7. The van der Waals surface area contributed by atoms with Gasteiger partial charge in [0.2, 0.25) is 15.9 Å². The molecule has 3 rings (SSSR count). The molecule has 0 aliphatic carbocycles. The average molecular weight is 475 g/mol. The minimum Gasteiger partial charge on any atom is -0.341 e. The lowest BCUT2D eigenvalue weighted by Gasteiger charge is -2.31. The smallest absolute Gasteiger partial charge is 0.241 e. The lowest BCUT2D eigenvalue weighted by Crippen LogP contribution is -2.46. The number of carbonyl (C=O) groups is 1. The lowest BCUT2D eigenvalue weighted by atomic mass is 10.1. The first-order chi connectivity index (χ1) is 14.1. The van der Waals surface area contributed by atoms with Crippen LogP contribution in [0.25, 0.3) is 0 Å². The monoisotopic (exact) mass is 474 g/mol. The summed E-state index contributed by atoms with van der Waals surface area (Å²) in [6.07, 6.45) is 0.430. The maximum Gasteiger partial charge on any atom is 0.241 e. The standard InChI is InChI=1S/C19H20ClFN2O5S2/c20-14-2-1-3-18(12-14)30(27,28)22-13-19(24)23-10-8-17(9-11-23)29(25,26)16-6-4-15(21)5-7-16/h1-7,12,17,22H,8-11,13H2. The third-order valence-electron chi connectivity index (χ3n) is 4.90. The molecule has 1 aliphatic rings. The van der Waals surface area contributed by atoms with Gasteiger partial charge in [0, 0.05) is 18.1 Å². The number of hydrogen-bond acceptors (Lipinski definition) is 5. The van der Waals surface area contributed by atoms with Crippen molar-refractivity contribution in [3.63, 3.8) is 0 Å². The van der Waals surface area contributed by atoms with Crippen molar-refractivity contribution in [2.24, 2.45) is 0 Å². The maximum atomic E-state index is 13.0. The van der Waals surface area contributed by atoms with Crippen LogP contribution in [0.5, 0.6) is 0 Å². The quantitative estimate of drug-likeness (QED) is 0.647. The van der Waals surface area contributed by atoms with Gasteiger partial charge >= 0.3 is 0 Å². The summed E-state index contributed by atoms with van der Waals surface area (Å²) in [5.41, 5.74) is 0. The molecular weight excluding hydrogens is 455 g/mol. The fourth-order valence-electron chi connectivity index (χ4n) is 3.22. The number of nitrogens with one attached hydrogen (secondary N) is 1. The van der Waals surface area contributed by atoms with E-state index in [4.69, 9.17) is 11.6 Å². The second-order valence-corrected chi connectivity index (χ2v) is 11.3. The second kappa shape index (κ2) is 9.01. The van der Waals surface area contributed by atoms with E-state index in [0.717, 1.165) is 12.1 Å². The number of halogens is 2. The van der Waals surface area contributed by atoms with Crippen LogP contribution >= 0.6 is 11.6 Å². The Balaban J connectivity index is 1.57. The minimum atomic E-state index is -3.90. The van der Waals surface area contributed by atoms with E-state index < -0.39 is 43.4 Å². The molecule has 1 aliphatic heterocycles. The summed E-state index contributed by atoms with van der Waals surface area (Å²) in [4.78, 5) is 13.8. The molecule has 1 fully saturated rings. The van der Waals surface area contributed by atoms with Crippen LogP contribution in [0.4, 0.5) is 4.39 Å². The van der Waals surface area contributed by atoms with Gasteiger partial charge in [-0.25, -0.2) is 25.9 Å². The van der Waals surface area contributed by atoms with Gasteiger partial charge in [-0.3, -0.25) is 4.79 Å². The second-order valence-electron chi connectivity index (χ2n) is 6.86. The van der Waals surface area contributed by atoms with E-state index in [1.807, 2.05) is 0 Å². The molecule has 1 saturated heterocycles. The third-order valence-corrected chi connectivity index (χ3v) is 8.81. The first-order valence-corrected chi connectivity index (χ1v) is 12.5. The summed E-state index contributed by atoms with van der Waals surface area (Å²) >= 11 is 5.80. The van der Waals surface area contributed by atoms with Crippen LogP contribution in [0, 0.1) is 5.82 Å². The number of likely N-dealkylation sites (tertiary alicyclic amines) is 1. The molecular formula is C19H20ClFN2O5S2. The zero-order valence-corrected chi connectivity index (χ0v) is 18.2. The maximum absolute atomic E-state index is 13.0. The van der Waals surface area contributed by atoms with Crippen LogP contribution < -0.4 is 4.72 Å². The minimum absolute atomic E-state index is 0.0444. The highest BCUT2D eigenvalue weighted by molar-refractivity contribution is 7.92. The number of sulfonamides is 1. The van der Waals surface area contributed by atoms with Gasteiger partial charge in [0.1, 0.15) is 5.82 Å². The van der Waals surface area contributed by atoms with Gasteiger partial charge in [0.15, 0.2) is 9.84 Å². The first-order valence-electron chi connectivity index (χ1n) is 9.12. The molecule has 2 aromatic carbocycles. The van der Waals surface area contributed by atoms with Gasteiger partial charge < -0.3 is 4.90 Å². The highest BCUT2D eigenvalue weighted by atomic mass is 35.5. The molecule has 0 unspecified atom stereocenters. The zero-order chi connectivity index (χ0) is 21.9. The Hall–Kier alpha value is -2.01. The van der Waals surface area contributed by atoms with Crippen LogP contribution in [-0.2, 0) is 24.7 Å². The molecule has 0 radical (unpaired) electrons. The molecule has 1 amide bonds. The Kier molecular flexibility index (Phi) is 6.81.